The van der Waals surface area contributed by atoms with E-state index in [-0.39, 0.29) is 11.6 Å². The lowest BCUT2D eigenvalue weighted by Crippen LogP contribution is -2.46. The SMILES string of the molecule is CCn1c(N)c2c(NC)cc(CN3CCN(c4ccc(C(=O)NC)nc4C)CC3)cc2nc1=O. The molecule has 10 heteroatoms. The van der Waals surface area contributed by atoms with Crippen molar-refractivity contribution in [2.45, 2.75) is 26.9 Å². The van der Waals surface area contributed by atoms with Gasteiger partial charge in [-0.25, -0.2) is 9.78 Å². The number of fused-ring (bicyclic) bond motifs is 1. The lowest BCUT2D eigenvalue weighted by molar-refractivity contribution is 0.0958. The Morgan fingerprint density at radius 2 is 1.85 bits per heavy atom. The van der Waals surface area contributed by atoms with Crippen LogP contribution in [0.5, 0.6) is 0 Å². The number of nitrogen functional groups attached to an aromatic ring is 1. The monoisotopic (exact) mass is 464 g/mol. The van der Waals surface area contributed by atoms with Crippen LogP contribution in [0.25, 0.3) is 10.9 Å². The summed E-state index contributed by atoms with van der Waals surface area (Å²) in [4.78, 5) is 37.6. The summed E-state index contributed by atoms with van der Waals surface area (Å²) in [5, 5.41) is 6.60. The number of amides is 1. The fraction of sp³-hybridized carbons (Fsp3) is 0.417. The van der Waals surface area contributed by atoms with E-state index >= 15 is 0 Å². The molecule has 2 aromatic heterocycles. The van der Waals surface area contributed by atoms with Crippen molar-refractivity contribution >= 4 is 34.0 Å². The molecule has 0 atom stereocenters. The first kappa shape index (κ1) is 23.5. The number of aromatic nitrogens is 3. The molecule has 3 aromatic rings. The zero-order valence-corrected chi connectivity index (χ0v) is 20.2. The number of nitrogens with two attached hydrogens (primary N) is 1. The highest BCUT2D eigenvalue weighted by atomic mass is 16.2. The van der Waals surface area contributed by atoms with E-state index in [9.17, 15) is 9.59 Å². The molecule has 1 fully saturated rings. The van der Waals surface area contributed by atoms with Crippen LogP contribution in [0.15, 0.2) is 29.1 Å². The Hall–Kier alpha value is -3.66. The largest absolute Gasteiger partial charge is 0.387 e. The minimum atomic E-state index is -0.327. The van der Waals surface area contributed by atoms with Crippen LogP contribution in [0.4, 0.5) is 17.2 Å². The minimum Gasteiger partial charge on any atom is -0.387 e. The number of piperazine rings is 1. The van der Waals surface area contributed by atoms with E-state index < -0.39 is 0 Å². The predicted molar refractivity (Wildman–Crippen MR) is 135 cm³/mol. The number of hydrogen-bond acceptors (Lipinski definition) is 8. The van der Waals surface area contributed by atoms with Gasteiger partial charge in [0.15, 0.2) is 0 Å². The molecule has 4 rings (SSSR count). The van der Waals surface area contributed by atoms with E-state index in [1.54, 1.807) is 13.1 Å². The molecule has 0 bridgehead atoms. The van der Waals surface area contributed by atoms with Crippen LogP contribution in [-0.4, -0.2) is 65.6 Å². The number of carbonyl (C=O) groups excluding carboxylic acids is 1. The van der Waals surface area contributed by atoms with Gasteiger partial charge in [-0.2, -0.15) is 4.98 Å². The maximum absolute atomic E-state index is 12.4. The Morgan fingerprint density at radius 1 is 1.12 bits per heavy atom. The van der Waals surface area contributed by atoms with Crippen molar-refractivity contribution in [3.63, 3.8) is 0 Å². The summed E-state index contributed by atoms with van der Waals surface area (Å²) >= 11 is 0. The molecule has 0 saturated carbocycles. The number of benzene rings is 1. The second-order valence-corrected chi connectivity index (χ2v) is 8.45. The molecule has 0 unspecified atom stereocenters. The van der Waals surface area contributed by atoms with Crippen LogP contribution in [0.1, 0.15) is 28.7 Å². The van der Waals surface area contributed by atoms with Crippen molar-refractivity contribution in [2.75, 3.05) is 56.2 Å². The van der Waals surface area contributed by atoms with E-state index in [1.165, 1.54) is 4.57 Å². The summed E-state index contributed by atoms with van der Waals surface area (Å²) in [6.45, 7) is 8.55. The molecule has 0 aliphatic carbocycles. The molecule has 10 nitrogen and oxygen atoms in total. The lowest BCUT2D eigenvalue weighted by Gasteiger charge is -2.36. The number of carbonyl (C=O) groups is 1. The number of nitrogens with zero attached hydrogens (tertiary/aromatic N) is 5. The summed E-state index contributed by atoms with van der Waals surface area (Å²) in [5.74, 6) is 0.258. The normalized spacial score (nSPS) is 14.4. The number of aryl methyl sites for hydroxylation is 1. The average Bonchev–Trinajstić information content (AvgIpc) is 2.83. The second-order valence-electron chi connectivity index (χ2n) is 8.45. The summed E-state index contributed by atoms with van der Waals surface area (Å²) in [6.07, 6.45) is 0. The highest BCUT2D eigenvalue weighted by Crippen LogP contribution is 2.29. The summed E-state index contributed by atoms with van der Waals surface area (Å²) in [7, 11) is 3.46. The zero-order valence-electron chi connectivity index (χ0n) is 20.2. The molecule has 1 saturated heterocycles. The molecule has 4 N–H and O–H groups in total. The van der Waals surface area contributed by atoms with Crippen molar-refractivity contribution in [1.29, 1.82) is 0 Å². The van der Waals surface area contributed by atoms with E-state index in [1.807, 2.05) is 33.0 Å². The van der Waals surface area contributed by atoms with Crippen LogP contribution in [0.2, 0.25) is 0 Å². The quantitative estimate of drug-likeness (QED) is 0.501. The Balaban J connectivity index is 1.50. The lowest BCUT2D eigenvalue weighted by atomic mass is 10.1. The van der Waals surface area contributed by atoms with Gasteiger partial charge in [-0.3, -0.25) is 14.3 Å². The Morgan fingerprint density at radius 3 is 2.47 bits per heavy atom. The van der Waals surface area contributed by atoms with Gasteiger partial charge >= 0.3 is 5.69 Å². The smallest absolute Gasteiger partial charge is 0.349 e. The first-order valence-corrected chi connectivity index (χ1v) is 11.5. The molecule has 1 aliphatic rings. The topological polar surface area (TPSA) is 121 Å². The van der Waals surface area contributed by atoms with Gasteiger partial charge in [0.1, 0.15) is 11.5 Å². The standard InChI is InChI=1S/C24H32N8O2/c1-5-32-22(25)21-18(26-3)12-16(13-19(21)29-24(32)34)14-30-8-10-31(11-9-30)20-7-6-17(23(33)27-4)28-15(20)2/h6-7,12-13,26H,5,8-11,14,25H2,1-4H3,(H,27,33). The number of nitrogens with one attached hydrogen (secondary N) is 2. The Bertz CT molecular complexity index is 1280. The second kappa shape index (κ2) is 9.68. The molecule has 0 spiro atoms. The van der Waals surface area contributed by atoms with Crippen molar-refractivity contribution in [1.82, 2.24) is 24.8 Å². The fourth-order valence-electron chi connectivity index (χ4n) is 4.59. The molecule has 34 heavy (non-hydrogen) atoms. The number of hydrogen-bond donors (Lipinski definition) is 3. The molecular weight excluding hydrogens is 432 g/mol. The first-order chi connectivity index (χ1) is 16.4. The van der Waals surface area contributed by atoms with Crippen LogP contribution >= 0.6 is 0 Å². The van der Waals surface area contributed by atoms with Crippen molar-refractivity contribution in [2.24, 2.45) is 0 Å². The highest BCUT2D eigenvalue weighted by molar-refractivity contribution is 5.99. The summed E-state index contributed by atoms with van der Waals surface area (Å²) in [6, 6.07) is 7.80. The molecule has 1 aliphatic heterocycles. The minimum absolute atomic E-state index is 0.180. The first-order valence-electron chi connectivity index (χ1n) is 11.5. The van der Waals surface area contributed by atoms with Crippen molar-refractivity contribution in [3.05, 3.63) is 51.7 Å². The van der Waals surface area contributed by atoms with Crippen LogP contribution < -0.4 is 27.0 Å². The van der Waals surface area contributed by atoms with Gasteiger partial charge in [-0.15, -0.1) is 0 Å². The predicted octanol–water partition coefficient (Wildman–Crippen LogP) is 1.43. The van der Waals surface area contributed by atoms with Crippen molar-refractivity contribution < 1.29 is 4.79 Å². The van der Waals surface area contributed by atoms with Gasteiger partial charge in [0.2, 0.25) is 0 Å². The third-order valence-electron chi connectivity index (χ3n) is 6.39. The van der Waals surface area contributed by atoms with E-state index in [2.05, 4.69) is 36.5 Å². The highest BCUT2D eigenvalue weighted by Gasteiger charge is 2.21. The number of anilines is 3. The summed E-state index contributed by atoms with van der Waals surface area (Å²) in [5.41, 5.74) is 10.9. The van der Waals surface area contributed by atoms with Gasteiger partial charge in [0.25, 0.3) is 5.91 Å². The Kier molecular flexibility index (Phi) is 6.69. The van der Waals surface area contributed by atoms with Gasteiger partial charge in [-0.05, 0) is 43.7 Å². The number of pyridine rings is 1. The Labute approximate surface area is 198 Å². The molecule has 180 valence electrons. The molecule has 0 radical (unpaired) electrons. The molecule has 1 amide bonds. The van der Waals surface area contributed by atoms with Crippen molar-refractivity contribution in [3.8, 4) is 0 Å². The van der Waals surface area contributed by atoms with Gasteiger partial charge < -0.3 is 21.3 Å². The van der Waals surface area contributed by atoms with E-state index in [0.29, 0.717) is 23.6 Å². The summed E-state index contributed by atoms with van der Waals surface area (Å²) < 4.78 is 1.49. The van der Waals surface area contributed by atoms with E-state index in [0.717, 1.165) is 60.7 Å². The van der Waals surface area contributed by atoms with Crippen LogP contribution in [0.3, 0.4) is 0 Å². The third kappa shape index (κ3) is 4.41. The fourth-order valence-corrected chi connectivity index (χ4v) is 4.59. The molecule has 1 aromatic carbocycles. The van der Waals surface area contributed by atoms with E-state index in [4.69, 9.17) is 5.73 Å². The maximum atomic E-state index is 12.4. The maximum Gasteiger partial charge on any atom is 0.349 e. The van der Waals surface area contributed by atoms with Gasteiger partial charge in [0.05, 0.1) is 22.3 Å². The van der Waals surface area contributed by atoms with Crippen LogP contribution in [0, 0.1) is 6.92 Å². The average molecular weight is 465 g/mol. The van der Waals surface area contributed by atoms with Gasteiger partial charge in [0, 0.05) is 59.1 Å². The van der Waals surface area contributed by atoms with Crippen LogP contribution in [-0.2, 0) is 13.1 Å². The third-order valence-corrected chi connectivity index (χ3v) is 6.39. The zero-order chi connectivity index (χ0) is 24.4. The molecular formula is C24H32N8O2. The molecule has 3 heterocycles. The number of rotatable bonds is 6. The van der Waals surface area contributed by atoms with Gasteiger partial charge in [-0.1, -0.05) is 0 Å².